The van der Waals surface area contributed by atoms with Gasteiger partial charge in [-0.2, -0.15) is 0 Å². The van der Waals surface area contributed by atoms with Gasteiger partial charge in [0.1, 0.15) is 32.7 Å². The summed E-state index contributed by atoms with van der Waals surface area (Å²) < 4.78 is 0. The summed E-state index contributed by atoms with van der Waals surface area (Å²) in [5.41, 5.74) is 2.67. The molecule has 1 aliphatic rings. The highest BCUT2D eigenvalue weighted by molar-refractivity contribution is 5.79. The fourth-order valence-electron chi connectivity index (χ4n) is 3.73. The van der Waals surface area contributed by atoms with Crippen molar-refractivity contribution in [3.63, 3.8) is 0 Å². The third kappa shape index (κ3) is 5.41. The van der Waals surface area contributed by atoms with E-state index in [-0.39, 0.29) is 11.9 Å². The van der Waals surface area contributed by atoms with E-state index in [1.807, 2.05) is 18.2 Å². The first-order valence-electron chi connectivity index (χ1n) is 9.76. The quantitative estimate of drug-likeness (QED) is 0.629. The van der Waals surface area contributed by atoms with Crippen molar-refractivity contribution in [3.8, 4) is 0 Å². The van der Waals surface area contributed by atoms with Crippen molar-refractivity contribution in [1.29, 1.82) is 0 Å². The highest BCUT2D eigenvalue weighted by atomic mass is 16.2. The largest absolute Gasteiger partial charge is 0.351 e. The Bertz CT molecular complexity index is 666. The molecule has 26 heavy (non-hydrogen) atoms. The van der Waals surface area contributed by atoms with Crippen molar-refractivity contribution in [1.82, 2.24) is 5.32 Å². The molecule has 1 amide bonds. The molecule has 1 saturated heterocycles. The first-order chi connectivity index (χ1) is 12.7. The molecule has 0 radical (unpaired) electrons. The molecule has 0 aliphatic carbocycles. The molecule has 4 heteroatoms. The Labute approximate surface area is 156 Å². The number of rotatable bonds is 7. The molecule has 0 saturated carbocycles. The molecule has 1 atom stereocenters. The minimum atomic E-state index is 0.0315. The highest BCUT2D eigenvalue weighted by Crippen LogP contribution is 1.98. The van der Waals surface area contributed by atoms with Crippen LogP contribution in [0.1, 0.15) is 18.1 Å². The molecule has 4 nitrogen and oxygen atoms in total. The summed E-state index contributed by atoms with van der Waals surface area (Å²) in [6, 6.07) is 21.0. The van der Waals surface area contributed by atoms with E-state index < -0.39 is 0 Å². The third-order valence-electron chi connectivity index (χ3n) is 5.46. The molecule has 0 aromatic heterocycles. The Morgan fingerprint density at radius 3 is 2.12 bits per heavy atom. The van der Waals surface area contributed by atoms with Gasteiger partial charge in [0.25, 0.3) is 5.91 Å². The van der Waals surface area contributed by atoms with E-state index in [2.05, 4.69) is 54.7 Å². The zero-order chi connectivity index (χ0) is 18.2. The number of hydrogen-bond acceptors (Lipinski definition) is 1. The van der Waals surface area contributed by atoms with Crippen molar-refractivity contribution in [2.45, 2.75) is 25.9 Å². The Kier molecular flexibility index (Phi) is 6.81. The van der Waals surface area contributed by atoms with Gasteiger partial charge in [-0.05, 0) is 18.9 Å². The second kappa shape index (κ2) is 9.51. The van der Waals surface area contributed by atoms with Crippen molar-refractivity contribution in [3.05, 3.63) is 71.8 Å². The van der Waals surface area contributed by atoms with Crippen LogP contribution in [0.2, 0.25) is 0 Å². The Balaban J connectivity index is 1.38. The van der Waals surface area contributed by atoms with Crippen LogP contribution in [0.25, 0.3) is 0 Å². The number of amides is 1. The first-order valence-corrected chi connectivity index (χ1v) is 9.76. The number of carbonyl (C=O) groups excluding carboxylic acids is 1. The van der Waals surface area contributed by atoms with Gasteiger partial charge < -0.3 is 15.1 Å². The summed E-state index contributed by atoms with van der Waals surface area (Å²) in [7, 11) is 0. The second-order valence-corrected chi connectivity index (χ2v) is 7.32. The normalized spacial score (nSPS) is 21.1. The maximum Gasteiger partial charge on any atom is 0.278 e. The minimum absolute atomic E-state index is 0.0315. The van der Waals surface area contributed by atoms with E-state index in [1.165, 1.54) is 16.0 Å². The van der Waals surface area contributed by atoms with E-state index in [9.17, 15) is 4.79 Å². The Morgan fingerprint density at radius 1 is 0.923 bits per heavy atom. The van der Waals surface area contributed by atoms with Crippen LogP contribution in [-0.2, 0) is 17.8 Å². The summed E-state index contributed by atoms with van der Waals surface area (Å²) in [4.78, 5) is 15.5. The van der Waals surface area contributed by atoms with Gasteiger partial charge >= 0.3 is 0 Å². The fraction of sp³-hybridized carbons (Fsp3) is 0.409. The molecular formula is C22H31N3O+2. The number of benzene rings is 2. The second-order valence-electron chi connectivity index (χ2n) is 7.32. The number of carbonyl (C=O) groups is 1. The number of piperazine rings is 1. The van der Waals surface area contributed by atoms with Gasteiger partial charge in [0.2, 0.25) is 0 Å². The van der Waals surface area contributed by atoms with Crippen LogP contribution in [0.5, 0.6) is 0 Å². The van der Waals surface area contributed by atoms with E-state index in [1.54, 1.807) is 4.90 Å². The van der Waals surface area contributed by atoms with Gasteiger partial charge in [-0.3, -0.25) is 4.79 Å². The van der Waals surface area contributed by atoms with Gasteiger partial charge in [0.05, 0.1) is 0 Å². The van der Waals surface area contributed by atoms with Crippen LogP contribution >= 0.6 is 0 Å². The van der Waals surface area contributed by atoms with Crippen LogP contribution in [0, 0.1) is 0 Å². The van der Waals surface area contributed by atoms with Crippen molar-refractivity contribution in [2.75, 3.05) is 32.7 Å². The van der Waals surface area contributed by atoms with E-state index in [4.69, 9.17) is 0 Å². The molecule has 1 aliphatic heterocycles. The number of hydrogen-bond donors (Lipinski definition) is 3. The van der Waals surface area contributed by atoms with Crippen molar-refractivity contribution in [2.24, 2.45) is 0 Å². The highest BCUT2D eigenvalue weighted by Gasteiger charge is 2.30. The summed E-state index contributed by atoms with van der Waals surface area (Å²) >= 11 is 0. The average Bonchev–Trinajstić information content (AvgIpc) is 2.69. The Morgan fingerprint density at radius 2 is 1.50 bits per heavy atom. The molecule has 2 aromatic carbocycles. The zero-order valence-electron chi connectivity index (χ0n) is 15.7. The summed E-state index contributed by atoms with van der Waals surface area (Å²) in [6.07, 6.45) is 0.892. The molecule has 138 valence electrons. The summed E-state index contributed by atoms with van der Waals surface area (Å²) in [5.74, 6) is 0.183. The van der Waals surface area contributed by atoms with Gasteiger partial charge in [0.15, 0.2) is 6.04 Å². The molecule has 1 fully saturated rings. The fourth-order valence-corrected chi connectivity index (χ4v) is 3.73. The van der Waals surface area contributed by atoms with Crippen LogP contribution < -0.4 is 15.1 Å². The Hall–Kier alpha value is -2.17. The smallest absolute Gasteiger partial charge is 0.278 e. The lowest BCUT2D eigenvalue weighted by molar-refractivity contribution is -1.02. The zero-order valence-corrected chi connectivity index (χ0v) is 15.7. The standard InChI is InChI=1S/C22H29N3O/c1-19(22(26)23-13-12-20-8-4-2-5-9-20)25-16-14-24(15-17-25)18-21-10-6-3-7-11-21/h2-11,19H,12-18H2,1H3,(H,23,26)/p+2/t19-/m0/s1. The molecule has 3 N–H and O–H groups in total. The van der Waals surface area contributed by atoms with Crippen LogP contribution in [0.3, 0.4) is 0 Å². The molecule has 0 spiro atoms. The lowest BCUT2D eigenvalue weighted by Gasteiger charge is -2.32. The molecule has 0 unspecified atom stereocenters. The van der Waals surface area contributed by atoms with Gasteiger partial charge in [0, 0.05) is 12.1 Å². The maximum atomic E-state index is 12.5. The summed E-state index contributed by atoms with van der Waals surface area (Å²) in [6.45, 7) is 8.26. The van der Waals surface area contributed by atoms with E-state index >= 15 is 0 Å². The van der Waals surface area contributed by atoms with Gasteiger partial charge in [-0.1, -0.05) is 60.7 Å². The molecule has 1 heterocycles. The molecular weight excluding hydrogens is 322 g/mol. The predicted octanol–water partition coefficient (Wildman–Crippen LogP) is -0.283. The molecule has 0 bridgehead atoms. The monoisotopic (exact) mass is 353 g/mol. The number of nitrogens with one attached hydrogen (secondary N) is 3. The average molecular weight is 354 g/mol. The lowest BCUT2D eigenvalue weighted by Crippen LogP contribution is -3.29. The number of quaternary nitrogens is 2. The van der Waals surface area contributed by atoms with Crippen LogP contribution in [0.4, 0.5) is 0 Å². The van der Waals surface area contributed by atoms with Crippen molar-refractivity contribution < 1.29 is 14.6 Å². The van der Waals surface area contributed by atoms with Crippen LogP contribution in [-0.4, -0.2) is 44.7 Å². The van der Waals surface area contributed by atoms with E-state index in [0.29, 0.717) is 6.54 Å². The van der Waals surface area contributed by atoms with Gasteiger partial charge in [-0.25, -0.2) is 0 Å². The lowest BCUT2D eigenvalue weighted by atomic mass is 10.1. The van der Waals surface area contributed by atoms with Crippen LogP contribution in [0.15, 0.2) is 60.7 Å². The third-order valence-corrected chi connectivity index (χ3v) is 5.46. The molecule has 2 aromatic rings. The SMILES string of the molecule is C[C@@H](C(=O)NCCc1ccccc1)[NH+]1CC[NH+](Cc2ccccc2)CC1. The first kappa shape index (κ1) is 18.6. The van der Waals surface area contributed by atoms with Crippen molar-refractivity contribution >= 4 is 5.91 Å². The van der Waals surface area contributed by atoms with E-state index in [0.717, 1.165) is 39.1 Å². The predicted molar refractivity (Wildman–Crippen MR) is 104 cm³/mol. The summed E-state index contributed by atoms with van der Waals surface area (Å²) in [5, 5.41) is 3.11. The molecule has 3 rings (SSSR count). The van der Waals surface area contributed by atoms with Gasteiger partial charge in [-0.15, -0.1) is 0 Å². The topological polar surface area (TPSA) is 38.0 Å². The minimum Gasteiger partial charge on any atom is -0.351 e. The maximum absolute atomic E-state index is 12.5.